The Hall–Kier alpha value is -4.76. The fraction of sp³-hybridized carbons (Fsp3) is 0.433. The van der Waals surface area contributed by atoms with Crippen molar-refractivity contribution in [2.24, 2.45) is 0 Å². The first-order valence-corrected chi connectivity index (χ1v) is 14.8. The van der Waals surface area contributed by atoms with E-state index in [0.717, 1.165) is 22.8 Å². The van der Waals surface area contributed by atoms with Gasteiger partial charge in [-0.1, -0.05) is 6.07 Å². The predicted octanol–water partition coefficient (Wildman–Crippen LogP) is 3.89. The summed E-state index contributed by atoms with van der Waals surface area (Å²) in [5.74, 6) is 1.82. The monoisotopic (exact) mass is 617 g/mol. The van der Waals surface area contributed by atoms with Crippen molar-refractivity contribution < 1.29 is 18.7 Å². The molecule has 5 aromatic heterocycles. The number of anilines is 2. The molecule has 45 heavy (non-hydrogen) atoms. The molecule has 0 spiro atoms. The number of hydrogen-bond donors (Lipinski definition) is 3. The Morgan fingerprint density at radius 3 is 2.64 bits per heavy atom. The predicted molar refractivity (Wildman–Crippen MR) is 163 cm³/mol. The zero-order valence-corrected chi connectivity index (χ0v) is 25.6. The number of ether oxygens (including phenoxy) is 2. The van der Waals surface area contributed by atoms with Gasteiger partial charge in [-0.05, 0) is 51.2 Å². The van der Waals surface area contributed by atoms with E-state index in [4.69, 9.17) is 19.4 Å². The highest BCUT2D eigenvalue weighted by atomic mass is 19.1. The molecule has 5 aromatic rings. The van der Waals surface area contributed by atoms with E-state index in [1.807, 2.05) is 30.7 Å². The van der Waals surface area contributed by atoms with Gasteiger partial charge in [-0.25, -0.2) is 28.7 Å². The molecule has 1 amide bonds. The van der Waals surface area contributed by atoms with Gasteiger partial charge < -0.3 is 20.1 Å². The Kier molecular flexibility index (Phi) is 8.54. The molecule has 3 N–H and O–H groups in total. The number of nitrogens with one attached hydrogen (secondary N) is 3. The number of halogens is 1. The molecule has 0 unspecified atom stereocenters. The van der Waals surface area contributed by atoms with E-state index >= 15 is 0 Å². The Balaban J connectivity index is 1.17. The number of carbonyl (C=O) groups is 1. The molecule has 0 aliphatic heterocycles. The van der Waals surface area contributed by atoms with Gasteiger partial charge in [0.15, 0.2) is 23.1 Å². The smallest absolute Gasteiger partial charge is 0.252 e. The molecule has 1 aliphatic rings. The van der Waals surface area contributed by atoms with E-state index in [-0.39, 0.29) is 17.9 Å². The number of fused-ring (bicyclic) bond motifs is 1. The second kappa shape index (κ2) is 12.7. The largest absolute Gasteiger partial charge is 0.383 e. The lowest BCUT2D eigenvalue weighted by atomic mass is 9.77. The van der Waals surface area contributed by atoms with Crippen LogP contribution in [0.15, 0.2) is 43.0 Å². The number of carbonyl (C=O) groups excluding carboxylic acids is 1. The number of aryl methyl sites for hydroxylation is 1. The lowest BCUT2D eigenvalue weighted by molar-refractivity contribution is -0.148. The van der Waals surface area contributed by atoms with Gasteiger partial charge in [0.2, 0.25) is 0 Å². The van der Waals surface area contributed by atoms with Gasteiger partial charge >= 0.3 is 0 Å². The van der Waals surface area contributed by atoms with Crippen LogP contribution < -0.4 is 10.6 Å². The molecule has 6 rings (SSSR count). The number of nitrogens with zero attached hydrogens (tertiary/aromatic N) is 8. The summed E-state index contributed by atoms with van der Waals surface area (Å²) in [5.41, 5.74) is 1.45. The molecule has 0 saturated heterocycles. The van der Waals surface area contributed by atoms with E-state index in [0.29, 0.717) is 67.8 Å². The number of amides is 1. The minimum Gasteiger partial charge on any atom is -0.383 e. The molecular formula is C30H36FN11O3. The van der Waals surface area contributed by atoms with Crippen LogP contribution in [0.5, 0.6) is 0 Å². The zero-order chi connectivity index (χ0) is 31.6. The van der Waals surface area contributed by atoms with Gasteiger partial charge in [-0.2, -0.15) is 15.3 Å². The van der Waals surface area contributed by atoms with Crippen LogP contribution in [0.4, 0.5) is 16.0 Å². The topological polar surface area (TPSA) is 163 Å². The van der Waals surface area contributed by atoms with Crippen molar-refractivity contribution in [2.75, 3.05) is 26.1 Å². The zero-order valence-electron chi connectivity index (χ0n) is 25.6. The first-order chi connectivity index (χ1) is 21.8. The molecule has 1 aliphatic carbocycles. The summed E-state index contributed by atoms with van der Waals surface area (Å²) in [5, 5.41) is 22.9. The van der Waals surface area contributed by atoms with Gasteiger partial charge in [-0.3, -0.25) is 9.89 Å². The fourth-order valence-corrected chi connectivity index (χ4v) is 5.69. The number of methoxy groups -OCH3 is 2. The van der Waals surface area contributed by atoms with Crippen molar-refractivity contribution in [3.05, 3.63) is 65.9 Å². The SMILES string of the molecule is COCCn1ncc2c(Nc3cc(C)[nH]n3)nc(C3CCC(OC)(C(=O)N[C@@H](C)c4ccc(-n5cc(F)cn5)nc4)CC3)nc21. The van der Waals surface area contributed by atoms with Crippen LogP contribution in [0, 0.1) is 12.7 Å². The Bertz CT molecular complexity index is 1770. The molecule has 1 saturated carbocycles. The number of pyridine rings is 1. The first kappa shape index (κ1) is 30.3. The maximum absolute atomic E-state index is 13.6. The van der Waals surface area contributed by atoms with E-state index in [1.54, 1.807) is 32.7 Å². The van der Waals surface area contributed by atoms with Crippen molar-refractivity contribution in [2.45, 2.75) is 63.6 Å². The minimum absolute atomic E-state index is 0.0130. The summed E-state index contributed by atoms with van der Waals surface area (Å²) in [7, 11) is 3.23. The third kappa shape index (κ3) is 6.26. The van der Waals surface area contributed by atoms with Gasteiger partial charge in [-0.15, -0.1) is 0 Å². The lowest BCUT2D eigenvalue weighted by Crippen LogP contribution is -2.50. The molecule has 1 fully saturated rings. The molecule has 0 aromatic carbocycles. The lowest BCUT2D eigenvalue weighted by Gasteiger charge is -2.38. The maximum atomic E-state index is 13.6. The summed E-state index contributed by atoms with van der Waals surface area (Å²) in [4.78, 5) is 27.9. The summed E-state index contributed by atoms with van der Waals surface area (Å²) in [6.07, 6.45) is 8.09. The highest BCUT2D eigenvalue weighted by Crippen LogP contribution is 2.40. The highest BCUT2D eigenvalue weighted by Gasteiger charge is 2.43. The fourth-order valence-electron chi connectivity index (χ4n) is 5.69. The molecule has 5 heterocycles. The average Bonchev–Trinajstić information content (AvgIpc) is 3.79. The molecule has 0 bridgehead atoms. The van der Waals surface area contributed by atoms with Gasteiger partial charge in [0, 0.05) is 38.1 Å². The van der Waals surface area contributed by atoms with Crippen molar-refractivity contribution in [1.82, 2.24) is 50.0 Å². The Labute approximate surface area is 258 Å². The second-order valence-corrected chi connectivity index (χ2v) is 11.3. The average molecular weight is 618 g/mol. The van der Waals surface area contributed by atoms with Crippen LogP contribution in [0.25, 0.3) is 16.9 Å². The van der Waals surface area contributed by atoms with E-state index in [1.165, 1.54) is 10.9 Å². The second-order valence-electron chi connectivity index (χ2n) is 11.3. The van der Waals surface area contributed by atoms with Crippen LogP contribution in [-0.4, -0.2) is 77.0 Å². The maximum Gasteiger partial charge on any atom is 0.252 e. The molecule has 1 atom stereocenters. The molecular weight excluding hydrogens is 581 g/mol. The highest BCUT2D eigenvalue weighted by molar-refractivity contribution is 5.88. The van der Waals surface area contributed by atoms with Crippen molar-refractivity contribution in [3.8, 4) is 5.82 Å². The molecule has 15 heteroatoms. The van der Waals surface area contributed by atoms with Gasteiger partial charge in [0.05, 0.1) is 43.2 Å². The van der Waals surface area contributed by atoms with E-state index < -0.39 is 11.4 Å². The Morgan fingerprint density at radius 2 is 2.00 bits per heavy atom. The minimum atomic E-state index is -0.983. The van der Waals surface area contributed by atoms with Gasteiger partial charge in [0.25, 0.3) is 5.91 Å². The van der Waals surface area contributed by atoms with Crippen LogP contribution in [0.1, 0.15) is 61.6 Å². The number of rotatable bonds is 11. The standard InChI is InChI=1S/C30H36FN11O3/c1-18-13-24(40-39-18)36-27-23-16-34-41(11-12-44-3)28(23)38-26(37-27)20-7-9-30(45-4,10-8-20)29(43)35-19(2)21-5-6-25(32-14-21)42-17-22(31)15-33-42/h5-6,13-17,19-20H,7-12H2,1-4H3,(H,35,43)(H2,36,37,38,39,40)/t19-,20?,30?/m0/s1. The number of hydrogen-bond acceptors (Lipinski definition) is 10. The van der Waals surface area contributed by atoms with Crippen LogP contribution >= 0.6 is 0 Å². The summed E-state index contributed by atoms with van der Waals surface area (Å²) < 4.78 is 27.7. The third-order valence-electron chi connectivity index (χ3n) is 8.34. The van der Waals surface area contributed by atoms with Crippen LogP contribution in [-0.2, 0) is 20.8 Å². The van der Waals surface area contributed by atoms with Gasteiger partial charge in [0.1, 0.15) is 17.2 Å². The number of aromatic nitrogens is 9. The molecule has 236 valence electrons. The van der Waals surface area contributed by atoms with E-state index in [9.17, 15) is 9.18 Å². The number of H-pyrrole nitrogens is 1. The molecule has 0 radical (unpaired) electrons. The first-order valence-electron chi connectivity index (χ1n) is 14.8. The van der Waals surface area contributed by atoms with E-state index in [2.05, 4.69) is 36.0 Å². The third-order valence-corrected chi connectivity index (χ3v) is 8.34. The van der Waals surface area contributed by atoms with Crippen LogP contribution in [0.3, 0.4) is 0 Å². The summed E-state index contributed by atoms with van der Waals surface area (Å²) in [6.45, 7) is 4.87. The van der Waals surface area contributed by atoms with Crippen molar-refractivity contribution in [1.29, 1.82) is 0 Å². The summed E-state index contributed by atoms with van der Waals surface area (Å²) >= 11 is 0. The number of aromatic amines is 1. The molecule has 14 nitrogen and oxygen atoms in total. The van der Waals surface area contributed by atoms with Crippen molar-refractivity contribution >= 4 is 28.6 Å². The Morgan fingerprint density at radius 1 is 1.18 bits per heavy atom. The van der Waals surface area contributed by atoms with Crippen LogP contribution in [0.2, 0.25) is 0 Å². The summed E-state index contributed by atoms with van der Waals surface area (Å²) in [6, 6.07) is 5.15. The normalized spacial score (nSPS) is 19.1. The quantitative estimate of drug-likeness (QED) is 0.198. The van der Waals surface area contributed by atoms with Crippen molar-refractivity contribution in [3.63, 3.8) is 0 Å².